The van der Waals surface area contributed by atoms with E-state index in [0.29, 0.717) is 52.8 Å². The number of aromatic nitrogens is 4. The number of H-pyrrole nitrogens is 1. The highest BCUT2D eigenvalue weighted by Crippen LogP contribution is 2.23. The molecule has 1 aliphatic rings. The van der Waals surface area contributed by atoms with Crippen molar-refractivity contribution in [2.24, 2.45) is 0 Å². The van der Waals surface area contributed by atoms with Crippen LogP contribution >= 0.6 is 23.2 Å². The van der Waals surface area contributed by atoms with Gasteiger partial charge >= 0.3 is 0 Å². The second-order valence-corrected chi connectivity index (χ2v) is 8.65. The summed E-state index contributed by atoms with van der Waals surface area (Å²) in [5.74, 6) is 0.605. The summed E-state index contributed by atoms with van der Waals surface area (Å²) < 4.78 is 1.30. The van der Waals surface area contributed by atoms with E-state index in [1.165, 1.54) is 4.68 Å². The van der Waals surface area contributed by atoms with Gasteiger partial charge in [0.25, 0.3) is 11.1 Å². The van der Waals surface area contributed by atoms with Gasteiger partial charge in [0.1, 0.15) is 10.8 Å². The monoisotopic (exact) mass is 482 g/mol. The molecule has 10 heteroatoms. The molecule has 0 saturated carbocycles. The van der Waals surface area contributed by atoms with Gasteiger partial charge in [-0.3, -0.25) is 14.5 Å². The Morgan fingerprint density at radius 2 is 1.73 bits per heavy atom. The molecule has 8 nitrogen and oxygen atoms in total. The van der Waals surface area contributed by atoms with Crippen LogP contribution in [0.2, 0.25) is 10.0 Å². The van der Waals surface area contributed by atoms with Crippen LogP contribution in [-0.4, -0.2) is 50.8 Å². The fourth-order valence-electron chi connectivity index (χ4n) is 3.99. The molecule has 0 atom stereocenters. The fraction of sp³-hybridized carbons (Fsp3) is 0.217. The molecule has 5 rings (SSSR count). The molecule has 2 aromatic carbocycles. The summed E-state index contributed by atoms with van der Waals surface area (Å²) in [5, 5.41) is 5.45. The standard InChI is InChI=1S/C23H20Cl2N6O2/c24-15-6-7-18-17(12-15)22(32)28-20(27-18)14-29-8-10-30(11-9-29)19-13-26-31(23(33)21(19)25)16-4-2-1-3-5-16/h1-7,12-13H,8-11,14H2,(H,27,28,32). The SMILES string of the molecule is O=c1[nH]c(CN2CCN(c3cnn(-c4ccccc4)c(=O)c3Cl)CC2)nc2ccc(Cl)cc12. The Bertz CT molecular complexity index is 1430. The first-order valence-corrected chi connectivity index (χ1v) is 11.2. The molecule has 2 aromatic heterocycles. The Kier molecular flexibility index (Phi) is 5.88. The summed E-state index contributed by atoms with van der Waals surface area (Å²) in [4.78, 5) is 36.8. The summed E-state index contributed by atoms with van der Waals surface area (Å²) in [5.41, 5.74) is 1.37. The van der Waals surface area contributed by atoms with Crippen molar-refractivity contribution in [2.45, 2.75) is 6.54 Å². The third-order valence-electron chi connectivity index (χ3n) is 5.70. The van der Waals surface area contributed by atoms with Crippen LogP contribution in [0.1, 0.15) is 5.82 Å². The molecule has 3 heterocycles. The highest BCUT2D eigenvalue weighted by atomic mass is 35.5. The third kappa shape index (κ3) is 4.37. The van der Waals surface area contributed by atoms with E-state index >= 15 is 0 Å². The van der Waals surface area contributed by atoms with E-state index < -0.39 is 0 Å². The second kappa shape index (κ2) is 8.97. The van der Waals surface area contributed by atoms with Gasteiger partial charge in [0.2, 0.25) is 0 Å². The molecule has 0 spiro atoms. The quantitative estimate of drug-likeness (QED) is 0.480. The minimum Gasteiger partial charge on any atom is -0.366 e. The molecular weight excluding hydrogens is 463 g/mol. The van der Waals surface area contributed by atoms with Crippen molar-refractivity contribution in [1.29, 1.82) is 0 Å². The number of rotatable bonds is 4. The molecule has 1 saturated heterocycles. The minimum absolute atomic E-state index is 0.154. The van der Waals surface area contributed by atoms with Crippen LogP contribution in [0.25, 0.3) is 16.6 Å². The van der Waals surface area contributed by atoms with Crippen LogP contribution in [0.4, 0.5) is 5.69 Å². The molecule has 0 aliphatic carbocycles. The van der Waals surface area contributed by atoms with Crippen LogP contribution in [0.3, 0.4) is 0 Å². The number of anilines is 1. The second-order valence-electron chi connectivity index (χ2n) is 7.83. The predicted molar refractivity (Wildman–Crippen MR) is 130 cm³/mol. The lowest BCUT2D eigenvalue weighted by molar-refractivity contribution is 0.244. The Labute approximate surface area is 199 Å². The van der Waals surface area contributed by atoms with Crippen molar-refractivity contribution in [3.63, 3.8) is 0 Å². The fourth-order valence-corrected chi connectivity index (χ4v) is 4.41. The zero-order chi connectivity index (χ0) is 22.9. The van der Waals surface area contributed by atoms with Gasteiger partial charge in [0.15, 0.2) is 0 Å². The van der Waals surface area contributed by atoms with Crippen molar-refractivity contribution in [2.75, 3.05) is 31.1 Å². The molecule has 0 radical (unpaired) electrons. The van der Waals surface area contributed by atoms with Crippen molar-refractivity contribution >= 4 is 39.8 Å². The van der Waals surface area contributed by atoms with E-state index in [9.17, 15) is 9.59 Å². The Balaban J connectivity index is 1.29. The van der Waals surface area contributed by atoms with Crippen molar-refractivity contribution < 1.29 is 0 Å². The first-order valence-electron chi connectivity index (χ1n) is 10.5. The third-order valence-corrected chi connectivity index (χ3v) is 6.29. The Morgan fingerprint density at radius 3 is 2.48 bits per heavy atom. The van der Waals surface area contributed by atoms with Gasteiger partial charge in [-0.15, -0.1) is 0 Å². The number of nitrogens with zero attached hydrogens (tertiary/aromatic N) is 5. The summed E-state index contributed by atoms with van der Waals surface area (Å²) in [7, 11) is 0. The van der Waals surface area contributed by atoms with E-state index in [4.69, 9.17) is 23.2 Å². The topological polar surface area (TPSA) is 87.1 Å². The number of piperazine rings is 1. The maximum atomic E-state index is 12.8. The van der Waals surface area contributed by atoms with Crippen LogP contribution < -0.4 is 16.0 Å². The molecule has 1 N–H and O–H groups in total. The number of nitrogens with one attached hydrogen (secondary N) is 1. The first kappa shape index (κ1) is 21.6. The maximum absolute atomic E-state index is 12.8. The largest absolute Gasteiger partial charge is 0.366 e. The van der Waals surface area contributed by atoms with Gasteiger partial charge in [-0.2, -0.15) is 9.78 Å². The average Bonchev–Trinajstić information content (AvgIpc) is 2.83. The molecule has 4 aromatic rings. The number of fused-ring (bicyclic) bond motifs is 1. The van der Waals surface area contributed by atoms with Gasteiger partial charge in [-0.1, -0.05) is 41.4 Å². The van der Waals surface area contributed by atoms with Gasteiger partial charge in [0, 0.05) is 31.2 Å². The molecule has 33 heavy (non-hydrogen) atoms. The zero-order valence-electron chi connectivity index (χ0n) is 17.5. The molecule has 168 valence electrons. The molecular formula is C23H20Cl2N6O2. The van der Waals surface area contributed by atoms with Gasteiger partial charge in [0.05, 0.1) is 35.0 Å². The van der Waals surface area contributed by atoms with E-state index in [-0.39, 0.29) is 16.1 Å². The summed E-state index contributed by atoms with van der Waals surface area (Å²) in [6.07, 6.45) is 1.64. The number of halogens is 2. The number of hydrogen-bond donors (Lipinski definition) is 1. The lowest BCUT2D eigenvalue weighted by atomic mass is 10.2. The van der Waals surface area contributed by atoms with Crippen molar-refractivity contribution in [3.8, 4) is 5.69 Å². The highest BCUT2D eigenvalue weighted by molar-refractivity contribution is 6.33. The summed E-state index contributed by atoms with van der Waals surface area (Å²) in [6, 6.07) is 14.3. The highest BCUT2D eigenvalue weighted by Gasteiger charge is 2.22. The predicted octanol–water partition coefficient (Wildman–Crippen LogP) is 3.10. The van der Waals surface area contributed by atoms with Crippen molar-refractivity contribution in [1.82, 2.24) is 24.6 Å². The van der Waals surface area contributed by atoms with Crippen molar-refractivity contribution in [3.05, 3.63) is 91.3 Å². The molecule has 1 aliphatic heterocycles. The molecule has 0 unspecified atom stereocenters. The summed E-state index contributed by atoms with van der Waals surface area (Å²) >= 11 is 12.4. The van der Waals surface area contributed by atoms with Crippen LogP contribution in [0.15, 0.2) is 64.3 Å². The lowest BCUT2D eigenvalue weighted by Crippen LogP contribution is -2.47. The molecule has 1 fully saturated rings. The van der Waals surface area contributed by atoms with Crippen LogP contribution in [0.5, 0.6) is 0 Å². The number of hydrogen-bond acceptors (Lipinski definition) is 6. The minimum atomic E-state index is -0.346. The number of benzene rings is 2. The smallest absolute Gasteiger partial charge is 0.292 e. The van der Waals surface area contributed by atoms with Gasteiger partial charge in [-0.05, 0) is 30.3 Å². The molecule has 0 amide bonds. The van der Waals surface area contributed by atoms with Crippen LogP contribution in [-0.2, 0) is 6.54 Å². The van der Waals surface area contributed by atoms with Crippen LogP contribution in [0, 0.1) is 0 Å². The molecule has 0 bridgehead atoms. The van der Waals surface area contributed by atoms with E-state index in [1.54, 1.807) is 24.4 Å². The normalized spacial score (nSPS) is 14.7. The number of aromatic amines is 1. The van der Waals surface area contributed by atoms with Gasteiger partial charge in [-0.25, -0.2) is 4.98 Å². The van der Waals surface area contributed by atoms with E-state index in [2.05, 4.69) is 24.9 Å². The Hall–Kier alpha value is -3.20. The van der Waals surface area contributed by atoms with Gasteiger partial charge < -0.3 is 9.88 Å². The van der Waals surface area contributed by atoms with E-state index in [0.717, 1.165) is 13.1 Å². The summed E-state index contributed by atoms with van der Waals surface area (Å²) in [6.45, 7) is 3.30. The Morgan fingerprint density at radius 1 is 0.970 bits per heavy atom. The average molecular weight is 483 g/mol. The zero-order valence-corrected chi connectivity index (χ0v) is 19.1. The first-order chi connectivity index (χ1) is 16.0. The lowest BCUT2D eigenvalue weighted by Gasteiger charge is -2.35. The number of para-hydroxylation sites is 1. The van der Waals surface area contributed by atoms with E-state index in [1.807, 2.05) is 30.3 Å². The maximum Gasteiger partial charge on any atom is 0.292 e.